The van der Waals surface area contributed by atoms with Gasteiger partial charge in [0, 0.05) is 19.4 Å². The topological polar surface area (TPSA) is 52.4 Å². The summed E-state index contributed by atoms with van der Waals surface area (Å²) >= 11 is 0. The number of nitro groups is 1. The van der Waals surface area contributed by atoms with Gasteiger partial charge in [0.25, 0.3) is 0 Å². The first-order valence-corrected chi connectivity index (χ1v) is 3.60. The maximum atomic E-state index is 10.2. The Morgan fingerprint density at radius 1 is 1.82 bits per heavy atom. The van der Waals surface area contributed by atoms with Crippen LogP contribution >= 0.6 is 0 Å². The van der Waals surface area contributed by atoms with E-state index in [-0.39, 0.29) is 16.5 Å². The fourth-order valence-electron chi connectivity index (χ4n) is 1.09. The lowest BCUT2D eigenvalue weighted by atomic mass is 10.1. The summed E-state index contributed by atoms with van der Waals surface area (Å²) in [5.41, 5.74) is 0.223. The van der Waals surface area contributed by atoms with E-state index in [0.717, 1.165) is 13.0 Å². The van der Waals surface area contributed by atoms with Crippen LogP contribution in [0.2, 0.25) is 0 Å². The second-order valence-electron chi connectivity index (χ2n) is 2.69. The molecule has 4 heteroatoms. The molecule has 4 nitrogen and oxygen atoms in total. The summed E-state index contributed by atoms with van der Waals surface area (Å²) in [6.07, 6.45) is 2.58. The molecule has 0 bridgehead atoms. The van der Waals surface area contributed by atoms with Crippen molar-refractivity contribution in [1.82, 2.24) is 0 Å². The summed E-state index contributed by atoms with van der Waals surface area (Å²) in [7, 11) is 0. The molecule has 1 heterocycles. The molecule has 0 aromatic heterocycles. The Morgan fingerprint density at radius 3 is 3.00 bits per heavy atom. The lowest BCUT2D eigenvalue weighted by Gasteiger charge is -1.97. The minimum Gasteiger partial charge on any atom is -0.381 e. The molecule has 62 valence electrons. The summed E-state index contributed by atoms with van der Waals surface area (Å²) in [5.74, 6) is 0.250. The van der Waals surface area contributed by atoms with Gasteiger partial charge >= 0.3 is 0 Å². The first kappa shape index (κ1) is 8.20. The highest BCUT2D eigenvalue weighted by Gasteiger charge is 2.15. The van der Waals surface area contributed by atoms with Crippen LogP contribution in [0.25, 0.3) is 0 Å². The number of ether oxygens (including phenoxy) is 1. The normalized spacial score (nSPS) is 25.5. The summed E-state index contributed by atoms with van der Waals surface area (Å²) in [5, 5.41) is 10.2. The van der Waals surface area contributed by atoms with Crippen LogP contribution in [0, 0.1) is 16.0 Å². The molecule has 11 heavy (non-hydrogen) atoms. The van der Waals surface area contributed by atoms with E-state index in [2.05, 4.69) is 0 Å². The highest BCUT2D eigenvalue weighted by molar-refractivity contribution is 4.93. The maximum Gasteiger partial charge on any atom is 0.239 e. The lowest BCUT2D eigenvalue weighted by Crippen LogP contribution is -2.00. The van der Waals surface area contributed by atoms with Crippen molar-refractivity contribution in [2.24, 2.45) is 5.92 Å². The van der Waals surface area contributed by atoms with Gasteiger partial charge in [-0.05, 0) is 12.5 Å². The van der Waals surface area contributed by atoms with Gasteiger partial charge in [0.2, 0.25) is 5.70 Å². The van der Waals surface area contributed by atoms with Gasteiger partial charge < -0.3 is 4.74 Å². The van der Waals surface area contributed by atoms with Crippen LogP contribution in [0.5, 0.6) is 0 Å². The minimum atomic E-state index is -0.363. The molecule has 0 amide bonds. The van der Waals surface area contributed by atoms with Crippen LogP contribution in [0.15, 0.2) is 11.8 Å². The fraction of sp³-hybridized carbons (Fsp3) is 0.714. The smallest absolute Gasteiger partial charge is 0.239 e. The van der Waals surface area contributed by atoms with Crippen LogP contribution < -0.4 is 0 Å². The molecule has 1 aliphatic heterocycles. The van der Waals surface area contributed by atoms with E-state index in [1.54, 1.807) is 6.08 Å². The number of nitrogens with zero attached hydrogens (tertiary/aromatic N) is 1. The van der Waals surface area contributed by atoms with Crippen LogP contribution in [-0.2, 0) is 4.74 Å². The maximum absolute atomic E-state index is 10.2. The Kier molecular flexibility index (Phi) is 2.59. The van der Waals surface area contributed by atoms with Gasteiger partial charge in [0.1, 0.15) is 0 Å². The molecule has 1 saturated heterocycles. The Morgan fingerprint density at radius 2 is 2.55 bits per heavy atom. The molecule has 1 atom stereocenters. The minimum absolute atomic E-state index is 0.223. The third-order valence-electron chi connectivity index (χ3n) is 1.73. The van der Waals surface area contributed by atoms with Gasteiger partial charge in [-0.15, -0.1) is 0 Å². The van der Waals surface area contributed by atoms with E-state index in [1.165, 1.54) is 6.92 Å². The lowest BCUT2D eigenvalue weighted by molar-refractivity contribution is -0.424. The predicted molar refractivity (Wildman–Crippen MR) is 39.7 cm³/mol. The van der Waals surface area contributed by atoms with Gasteiger partial charge in [0.15, 0.2) is 0 Å². The number of rotatable bonds is 2. The SMILES string of the molecule is CC(=CC1CCOC1)[N+](=O)[O-]. The Balaban J connectivity index is 2.49. The van der Waals surface area contributed by atoms with Gasteiger partial charge in [-0.25, -0.2) is 0 Å². The first-order chi connectivity index (χ1) is 5.20. The van der Waals surface area contributed by atoms with Crippen molar-refractivity contribution in [3.8, 4) is 0 Å². The quantitative estimate of drug-likeness (QED) is 0.447. The van der Waals surface area contributed by atoms with Gasteiger partial charge in [-0.3, -0.25) is 10.1 Å². The van der Waals surface area contributed by atoms with Crippen molar-refractivity contribution in [3.05, 3.63) is 21.9 Å². The van der Waals surface area contributed by atoms with Crippen molar-refractivity contribution in [1.29, 1.82) is 0 Å². The number of hydrogen-bond donors (Lipinski definition) is 0. The average Bonchev–Trinajstić information content (AvgIpc) is 2.39. The standard InChI is InChI=1S/C7H11NO3/c1-6(8(9)10)4-7-2-3-11-5-7/h4,7H,2-3,5H2,1H3. The third-order valence-corrected chi connectivity index (χ3v) is 1.73. The second-order valence-corrected chi connectivity index (χ2v) is 2.69. The highest BCUT2D eigenvalue weighted by Crippen LogP contribution is 2.15. The van der Waals surface area contributed by atoms with Crippen molar-refractivity contribution in [3.63, 3.8) is 0 Å². The van der Waals surface area contributed by atoms with Crippen molar-refractivity contribution >= 4 is 0 Å². The largest absolute Gasteiger partial charge is 0.381 e. The zero-order valence-electron chi connectivity index (χ0n) is 6.45. The van der Waals surface area contributed by atoms with E-state index >= 15 is 0 Å². The van der Waals surface area contributed by atoms with Crippen molar-refractivity contribution < 1.29 is 9.66 Å². The van der Waals surface area contributed by atoms with Crippen LogP contribution in [0.3, 0.4) is 0 Å². The Bertz CT molecular complexity index is 182. The Hall–Kier alpha value is -0.900. The second kappa shape index (κ2) is 3.48. The van der Waals surface area contributed by atoms with Crippen molar-refractivity contribution in [2.45, 2.75) is 13.3 Å². The number of hydrogen-bond acceptors (Lipinski definition) is 3. The van der Waals surface area contributed by atoms with Crippen LogP contribution in [0.4, 0.5) is 0 Å². The predicted octanol–water partition coefficient (Wildman–Crippen LogP) is 1.20. The molecule has 0 N–H and O–H groups in total. The molecule has 1 aliphatic rings. The van der Waals surface area contributed by atoms with Gasteiger partial charge in [0.05, 0.1) is 11.5 Å². The molecule has 1 rings (SSSR count). The molecule has 1 unspecified atom stereocenters. The van der Waals surface area contributed by atoms with Crippen LogP contribution in [-0.4, -0.2) is 18.1 Å². The highest BCUT2D eigenvalue weighted by atomic mass is 16.6. The van der Waals surface area contributed by atoms with E-state index in [1.807, 2.05) is 0 Å². The monoisotopic (exact) mass is 157 g/mol. The summed E-state index contributed by atoms with van der Waals surface area (Å²) in [4.78, 5) is 9.82. The third kappa shape index (κ3) is 2.31. The molecular weight excluding hydrogens is 146 g/mol. The Labute approximate surface area is 65.0 Å². The van der Waals surface area contributed by atoms with Crippen LogP contribution in [0.1, 0.15) is 13.3 Å². The summed E-state index contributed by atoms with van der Waals surface area (Å²) < 4.78 is 5.07. The van der Waals surface area contributed by atoms with Crippen molar-refractivity contribution in [2.75, 3.05) is 13.2 Å². The van der Waals surface area contributed by atoms with Gasteiger partial charge in [-0.2, -0.15) is 0 Å². The summed E-state index contributed by atoms with van der Waals surface area (Å²) in [6.45, 7) is 2.87. The fourth-order valence-corrected chi connectivity index (χ4v) is 1.09. The molecule has 0 aromatic carbocycles. The molecule has 0 aromatic rings. The summed E-state index contributed by atoms with van der Waals surface area (Å²) in [6, 6.07) is 0. The van der Waals surface area contributed by atoms with E-state index in [0.29, 0.717) is 6.61 Å². The first-order valence-electron chi connectivity index (χ1n) is 3.60. The molecular formula is C7H11NO3. The van der Waals surface area contributed by atoms with E-state index in [4.69, 9.17) is 4.74 Å². The molecule has 1 fully saturated rings. The molecule has 0 aliphatic carbocycles. The molecule has 0 radical (unpaired) electrons. The van der Waals surface area contributed by atoms with Gasteiger partial charge in [-0.1, -0.05) is 0 Å². The average molecular weight is 157 g/mol. The zero-order valence-corrected chi connectivity index (χ0v) is 6.45. The van der Waals surface area contributed by atoms with E-state index < -0.39 is 0 Å². The van der Waals surface area contributed by atoms with E-state index in [9.17, 15) is 10.1 Å². The number of allylic oxidation sites excluding steroid dienone is 1. The zero-order chi connectivity index (χ0) is 8.27. The molecule has 0 spiro atoms. The molecule has 0 saturated carbocycles.